The summed E-state index contributed by atoms with van der Waals surface area (Å²) in [6, 6.07) is 14.8. The van der Waals surface area contributed by atoms with E-state index in [1.165, 1.54) is 6.07 Å². The second-order valence-electron chi connectivity index (χ2n) is 8.15. The number of aromatic carboxylic acids is 1. The Morgan fingerprint density at radius 2 is 1.88 bits per heavy atom. The molecule has 0 bridgehead atoms. The first-order valence-electron chi connectivity index (χ1n) is 10.9. The minimum Gasteiger partial charge on any atom is -0.477 e. The standard InChI is InChI=1S/C25H27N5O3/c1-16(2)23(26)22-19(17-8-9-21(27-15-17)30-10-12-33-13-11-30)14-20(25(31)32)29-24(22)28-18-6-4-3-5-7-18/h3-9,14-16,26H,10-13H2,1-2H3,(H,28,29)(H,31,32). The lowest BCUT2D eigenvalue weighted by molar-refractivity contribution is 0.0690. The Hall–Kier alpha value is -3.78. The van der Waals surface area contributed by atoms with Crippen LogP contribution in [0.15, 0.2) is 54.7 Å². The smallest absolute Gasteiger partial charge is 0.354 e. The number of para-hydroxylation sites is 1. The van der Waals surface area contributed by atoms with Crippen molar-refractivity contribution in [2.75, 3.05) is 36.5 Å². The molecule has 1 fully saturated rings. The number of rotatable bonds is 7. The molecule has 3 heterocycles. The average molecular weight is 446 g/mol. The van der Waals surface area contributed by atoms with Crippen LogP contribution in [0.3, 0.4) is 0 Å². The van der Waals surface area contributed by atoms with Gasteiger partial charge in [-0.2, -0.15) is 0 Å². The number of hydrogen-bond donors (Lipinski definition) is 3. The minimum absolute atomic E-state index is 0.0851. The van der Waals surface area contributed by atoms with E-state index in [9.17, 15) is 9.90 Å². The maximum atomic E-state index is 11.9. The van der Waals surface area contributed by atoms with Crippen molar-refractivity contribution < 1.29 is 14.6 Å². The number of nitrogens with one attached hydrogen (secondary N) is 2. The first-order chi connectivity index (χ1) is 15.9. The van der Waals surface area contributed by atoms with Crippen LogP contribution in [-0.4, -0.2) is 53.1 Å². The van der Waals surface area contributed by atoms with Gasteiger partial charge >= 0.3 is 5.97 Å². The van der Waals surface area contributed by atoms with Crippen LogP contribution in [0.2, 0.25) is 0 Å². The molecule has 0 atom stereocenters. The lowest BCUT2D eigenvalue weighted by atomic mass is 9.92. The normalized spacial score (nSPS) is 13.7. The number of pyridine rings is 2. The Kier molecular flexibility index (Phi) is 6.65. The van der Waals surface area contributed by atoms with E-state index in [2.05, 4.69) is 20.2 Å². The highest BCUT2D eigenvalue weighted by molar-refractivity contribution is 6.10. The maximum absolute atomic E-state index is 11.9. The van der Waals surface area contributed by atoms with Gasteiger partial charge in [-0.05, 0) is 41.8 Å². The van der Waals surface area contributed by atoms with E-state index in [0.717, 1.165) is 30.2 Å². The lowest BCUT2D eigenvalue weighted by Gasteiger charge is -2.28. The van der Waals surface area contributed by atoms with Crippen molar-refractivity contribution in [2.24, 2.45) is 5.92 Å². The second kappa shape index (κ2) is 9.79. The summed E-state index contributed by atoms with van der Waals surface area (Å²) in [5, 5.41) is 21.7. The molecule has 0 radical (unpaired) electrons. The van der Waals surface area contributed by atoms with E-state index in [0.29, 0.717) is 35.9 Å². The molecule has 0 saturated carbocycles. The van der Waals surface area contributed by atoms with E-state index in [4.69, 9.17) is 10.1 Å². The molecular formula is C25H27N5O3. The van der Waals surface area contributed by atoms with Crippen molar-refractivity contribution in [1.29, 1.82) is 5.41 Å². The van der Waals surface area contributed by atoms with Crippen LogP contribution < -0.4 is 10.2 Å². The number of aromatic nitrogens is 2. The predicted octanol–water partition coefficient (Wildman–Crippen LogP) is 4.45. The van der Waals surface area contributed by atoms with Crippen LogP contribution in [0.5, 0.6) is 0 Å². The van der Waals surface area contributed by atoms with Gasteiger partial charge in [-0.1, -0.05) is 32.0 Å². The highest BCUT2D eigenvalue weighted by Gasteiger charge is 2.23. The first kappa shape index (κ1) is 22.4. The Morgan fingerprint density at radius 1 is 1.15 bits per heavy atom. The first-order valence-corrected chi connectivity index (χ1v) is 10.9. The minimum atomic E-state index is -1.13. The summed E-state index contributed by atoms with van der Waals surface area (Å²) in [7, 11) is 0. The van der Waals surface area contributed by atoms with Gasteiger partial charge in [0.2, 0.25) is 0 Å². The number of anilines is 3. The van der Waals surface area contributed by atoms with E-state index < -0.39 is 5.97 Å². The van der Waals surface area contributed by atoms with E-state index in [1.54, 1.807) is 6.20 Å². The zero-order chi connectivity index (χ0) is 23.4. The molecule has 1 aliphatic rings. The second-order valence-corrected chi connectivity index (χ2v) is 8.15. The molecule has 8 heteroatoms. The summed E-state index contributed by atoms with van der Waals surface area (Å²) in [5.41, 5.74) is 2.94. The van der Waals surface area contributed by atoms with Gasteiger partial charge in [0.05, 0.1) is 13.2 Å². The SMILES string of the molecule is CC(C)C(=N)c1c(-c2ccc(N3CCOCC3)nc2)cc(C(=O)O)nc1Nc1ccccc1. The van der Waals surface area contributed by atoms with Gasteiger partial charge in [0.25, 0.3) is 0 Å². The van der Waals surface area contributed by atoms with E-state index in [-0.39, 0.29) is 11.6 Å². The predicted molar refractivity (Wildman–Crippen MR) is 129 cm³/mol. The van der Waals surface area contributed by atoms with Crippen LogP contribution in [-0.2, 0) is 4.74 Å². The Bertz CT molecular complexity index is 1140. The molecule has 2 aromatic heterocycles. The average Bonchev–Trinajstić information content (AvgIpc) is 2.84. The van der Waals surface area contributed by atoms with Crippen molar-refractivity contribution >= 4 is 29.0 Å². The quantitative estimate of drug-likeness (QED) is 0.461. The van der Waals surface area contributed by atoms with E-state index in [1.807, 2.05) is 56.3 Å². The Morgan fingerprint density at radius 3 is 2.48 bits per heavy atom. The van der Waals surface area contributed by atoms with Gasteiger partial charge < -0.3 is 25.5 Å². The molecule has 0 aliphatic carbocycles. The third kappa shape index (κ3) is 5.01. The summed E-state index contributed by atoms with van der Waals surface area (Å²) in [6.07, 6.45) is 1.73. The van der Waals surface area contributed by atoms with Crippen molar-refractivity contribution in [3.8, 4) is 11.1 Å². The third-order valence-corrected chi connectivity index (χ3v) is 5.52. The largest absolute Gasteiger partial charge is 0.477 e. The Labute approximate surface area is 192 Å². The molecule has 1 aromatic carbocycles. The summed E-state index contributed by atoms with van der Waals surface area (Å²) in [5.74, 6) is -0.0317. The van der Waals surface area contributed by atoms with Crippen molar-refractivity contribution in [3.05, 3.63) is 66.0 Å². The number of carboxylic acids is 1. The zero-order valence-electron chi connectivity index (χ0n) is 18.7. The van der Waals surface area contributed by atoms with Crippen LogP contribution in [0.4, 0.5) is 17.3 Å². The Balaban J connectivity index is 1.83. The molecule has 4 rings (SSSR count). The van der Waals surface area contributed by atoms with Crippen molar-refractivity contribution in [3.63, 3.8) is 0 Å². The monoisotopic (exact) mass is 445 g/mol. The van der Waals surface area contributed by atoms with Gasteiger partial charge in [0.15, 0.2) is 5.69 Å². The van der Waals surface area contributed by atoms with Crippen LogP contribution in [0.1, 0.15) is 29.9 Å². The number of carbonyl (C=O) groups is 1. The zero-order valence-corrected chi connectivity index (χ0v) is 18.7. The topological polar surface area (TPSA) is 111 Å². The summed E-state index contributed by atoms with van der Waals surface area (Å²) in [6.45, 7) is 6.75. The summed E-state index contributed by atoms with van der Waals surface area (Å²) >= 11 is 0. The lowest BCUT2D eigenvalue weighted by Crippen LogP contribution is -2.36. The highest BCUT2D eigenvalue weighted by atomic mass is 16.5. The highest BCUT2D eigenvalue weighted by Crippen LogP contribution is 2.33. The number of benzene rings is 1. The summed E-state index contributed by atoms with van der Waals surface area (Å²) in [4.78, 5) is 23.0. The van der Waals surface area contributed by atoms with Gasteiger partial charge in [-0.3, -0.25) is 0 Å². The fourth-order valence-electron chi connectivity index (χ4n) is 3.72. The van der Waals surface area contributed by atoms with Crippen LogP contribution >= 0.6 is 0 Å². The molecular weight excluding hydrogens is 418 g/mol. The molecule has 0 amide bonds. The van der Waals surface area contributed by atoms with E-state index >= 15 is 0 Å². The molecule has 1 saturated heterocycles. The molecule has 1 aliphatic heterocycles. The number of ether oxygens (including phenoxy) is 1. The van der Waals surface area contributed by atoms with Crippen LogP contribution in [0.25, 0.3) is 11.1 Å². The van der Waals surface area contributed by atoms with Crippen LogP contribution in [0, 0.1) is 11.3 Å². The number of hydrogen-bond acceptors (Lipinski definition) is 7. The molecule has 0 spiro atoms. The van der Waals surface area contributed by atoms with Crippen molar-refractivity contribution in [2.45, 2.75) is 13.8 Å². The van der Waals surface area contributed by atoms with Gasteiger partial charge in [0.1, 0.15) is 11.6 Å². The third-order valence-electron chi connectivity index (χ3n) is 5.52. The van der Waals surface area contributed by atoms with Crippen molar-refractivity contribution in [1.82, 2.24) is 9.97 Å². The van der Waals surface area contributed by atoms with Gasteiger partial charge in [-0.25, -0.2) is 14.8 Å². The molecule has 8 nitrogen and oxygen atoms in total. The number of carboxylic acid groups (broad SMARTS) is 1. The van der Waals surface area contributed by atoms with Gasteiger partial charge in [0, 0.05) is 41.8 Å². The molecule has 3 N–H and O–H groups in total. The summed E-state index contributed by atoms with van der Waals surface area (Å²) < 4.78 is 5.41. The molecule has 3 aromatic rings. The van der Waals surface area contributed by atoms with Gasteiger partial charge in [-0.15, -0.1) is 0 Å². The molecule has 33 heavy (non-hydrogen) atoms. The fraction of sp³-hybridized carbons (Fsp3) is 0.280. The molecule has 170 valence electrons. The fourth-order valence-corrected chi connectivity index (χ4v) is 3.72. The molecule has 0 unspecified atom stereocenters. The number of nitrogens with zero attached hydrogens (tertiary/aromatic N) is 3. The maximum Gasteiger partial charge on any atom is 0.354 e. The number of morpholine rings is 1.